The summed E-state index contributed by atoms with van der Waals surface area (Å²) in [7, 11) is 0. The second kappa shape index (κ2) is 7.47. The third kappa shape index (κ3) is 3.45. The summed E-state index contributed by atoms with van der Waals surface area (Å²) in [5, 5.41) is 9.55. The van der Waals surface area contributed by atoms with Gasteiger partial charge in [0.1, 0.15) is 0 Å². The molecule has 4 rings (SSSR count). The van der Waals surface area contributed by atoms with Gasteiger partial charge in [-0.25, -0.2) is 0 Å². The Kier molecular flexibility index (Phi) is 5.63. The van der Waals surface area contributed by atoms with Crippen molar-refractivity contribution in [1.29, 1.82) is 0 Å². The summed E-state index contributed by atoms with van der Waals surface area (Å²) in [4.78, 5) is 11.6. The molecule has 0 amide bonds. The smallest absolute Gasteiger partial charge is 0.303 e. The van der Waals surface area contributed by atoms with Crippen LogP contribution in [0.3, 0.4) is 0 Å². The first-order valence-corrected chi connectivity index (χ1v) is 13.3. The molecule has 0 aromatic rings. The molecular weight excluding hydrogens is 392 g/mol. The van der Waals surface area contributed by atoms with Crippen molar-refractivity contribution < 1.29 is 9.90 Å². The molecule has 0 radical (unpaired) electrons. The van der Waals surface area contributed by atoms with Crippen molar-refractivity contribution in [3.05, 3.63) is 23.8 Å². The van der Waals surface area contributed by atoms with Crippen LogP contribution in [0.4, 0.5) is 0 Å². The van der Waals surface area contributed by atoms with Gasteiger partial charge in [0.2, 0.25) is 0 Å². The summed E-state index contributed by atoms with van der Waals surface area (Å²) in [6.45, 7) is 21.7. The van der Waals surface area contributed by atoms with Gasteiger partial charge < -0.3 is 5.11 Å². The van der Waals surface area contributed by atoms with Crippen LogP contribution in [-0.4, -0.2) is 11.1 Å². The number of carbonyl (C=O) groups is 1. The Morgan fingerprint density at radius 3 is 2.25 bits per heavy atom. The molecule has 180 valence electrons. The lowest BCUT2D eigenvalue weighted by molar-refractivity contribution is -0.141. The zero-order chi connectivity index (χ0) is 23.7. The summed E-state index contributed by atoms with van der Waals surface area (Å²) in [5.74, 6) is 1.09. The fraction of sp³-hybridized carbons (Fsp3) is 0.833. The number of aliphatic carboxylic acids is 1. The summed E-state index contributed by atoms with van der Waals surface area (Å²) in [5.41, 5.74) is 4.40. The van der Waals surface area contributed by atoms with Crippen LogP contribution in [-0.2, 0) is 4.79 Å². The van der Waals surface area contributed by atoms with Crippen LogP contribution < -0.4 is 0 Å². The molecule has 3 saturated carbocycles. The molecule has 4 aliphatic carbocycles. The second-order valence-electron chi connectivity index (χ2n) is 14.2. The number of rotatable bonds is 4. The van der Waals surface area contributed by atoms with Gasteiger partial charge in [0.15, 0.2) is 0 Å². The van der Waals surface area contributed by atoms with E-state index in [0.717, 1.165) is 18.8 Å². The Balaban J connectivity index is 1.76. The van der Waals surface area contributed by atoms with Crippen LogP contribution in [0, 0.1) is 44.8 Å². The Bertz CT molecular complexity index is 836. The zero-order valence-corrected chi connectivity index (χ0v) is 21.9. The third-order valence-electron chi connectivity index (χ3n) is 11.5. The number of hydrogen-bond donors (Lipinski definition) is 1. The van der Waals surface area contributed by atoms with Crippen molar-refractivity contribution >= 4 is 5.97 Å². The third-order valence-corrected chi connectivity index (χ3v) is 11.5. The van der Waals surface area contributed by atoms with Crippen molar-refractivity contribution in [1.82, 2.24) is 0 Å². The van der Waals surface area contributed by atoms with Gasteiger partial charge in [-0.15, -0.1) is 0 Å². The van der Waals surface area contributed by atoms with E-state index in [1.807, 2.05) is 0 Å². The van der Waals surface area contributed by atoms with Gasteiger partial charge in [0.05, 0.1) is 0 Å². The molecule has 0 aliphatic heterocycles. The molecule has 0 spiro atoms. The van der Waals surface area contributed by atoms with Gasteiger partial charge in [-0.05, 0) is 110 Å². The molecule has 4 aliphatic rings. The van der Waals surface area contributed by atoms with E-state index in [2.05, 4.69) is 61.1 Å². The maximum absolute atomic E-state index is 11.6. The van der Waals surface area contributed by atoms with Gasteiger partial charge in [0, 0.05) is 6.42 Å². The number of fused-ring (bicyclic) bond motifs is 5. The lowest BCUT2D eigenvalue weighted by Gasteiger charge is -2.68. The maximum Gasteiger partial charge on any atom is 0.303 e. The van der Waals surface area contributed by atoms with Gasteiger partial charge in [-0.2, -0.15) is 0 Å². The highest BCUT2D eigenvalue weighted by Gasteiger charge is 2.64. The molecule has 7 atom stereocenters. The van der Waals surface area contributed by atoms with Crippen LogP contribution >= 0.6 is 0 Å². The molecule has 32 heavy (non-hydrogen) atoms. The Morgan fingerprint density at radius 2 is 1.62 bits per heavy atom. The predicted octanol–water partition coefficient (Wildman–Crippen LogP) is 8.43. The molecule has 0 aromatic carbocycles. The average molecular weight is 441 g/mol. The van der Waals surface area contributed by atoms with Crippen molar-refractivity contribution in [2.75, 3.05) is 0 Å². The molecule has 3 fully saturated rings. The zero-order valence-electron chi connectivity index (χ0n) is 21.9. The minimum absolute atomic E-state index is 0.0198. The first-order chi connectivity index (χ1) is 14.7. The first kappa shape index (κ1) is 24.1. The van der Waals surface area contributed by atoms with E-state index in [4.69, 9.17) is 0 Å². The fourth-order valence-corrected chi connectivity index (χ4v) is 9.76. The minimum Gasteiger partial charge on any atom is -0.481 e. The standard InChI is InChI=1S/C30H48O2/c1-20(2)21-9-14-29(7)22(28(21,6)16-12-25(31)32)11-15-30(8)23(29)10-13-27(5)18-17-26(3,4)19-24(27)30/h10,21-22,24H,1,9,11-19H2,2-8H3,(H,31,32)/t21-,22+,24+,27-,28-,29+,30+/m0/s1. The van der Waals surface area contributed by atoms with Crippen LogP contribution in [0.15, 0.2) is 23.8 Å². The minimum atomic E-state index is -0.656. The first-order valence-electron chi connectivity index (χ1n) is 13.3. The number of carboxylic acid groups (broad SMARTS) is 1. The van der Waals surface area contributed by atoms with Crippen LogP contribution in [0.1, 0.15) is 113 Å². The average Bonchev–Trinajstić information content (AvgIpc) is 2.67. The largest absolute Gasteiger partial charge is 0.481 e. The van der Waals surface area contributed by atoms with Gasteiger partial charge in [0.25, 0.3) is 0 Å². The number of hydrogen-bond acceptors (Lipinski definition) is 1. The molecular formula is C30H48O2. The van der Waals surface area contributed by atoms with Crippen molar-refractivity contribution in [2.24, 2.45) is 44.8 Å². The normalized spacial score (nSPS) is 47.5. The Hall–Kier alpha value is -1.05. The summed E-state index contributed by atoms with van der Waals surface area (Å²) in [6, 6.07) is 0. The predicted molar refractivity (Wildman–Crippen MR) is 133 cm³/mol. The molecule has 2 heteroatoms. The second-order valence-corrected chi connectivity index (χ2v) is 14.2. The highest BCUT2D eigenvalue weighted by atomic mass is 16.4. The lowest BCUT2D eigenvalue weighted by atomic mass is 9.36. The molecule has 2 nitrogen and oxygen atoms in total. The van der Waals surface area contributed by atoms with E-state index in [1.54, 1.807) is 5.57 Å². The van der Waals surface area contributed by atoms with Crippen LogP contribution in [0.5, 0.6) is 0 Å². The Labute approximate surface area is 197 Å². The van der Waals surface area contributed by atoms with E-state index in [9.17, 15) is 9.90 Å². The van der Waals surface area contributed by atoms with Gasteiger partial charge in [-0.1, -0.05) is 65.3 Å². The SMILES string of the molecule is C=C(C)[C@@H]1CC[C@@]2(C)C3=CC[C@@]4(C)CCC(C)(C)C[C@H]4[C@]3(C)CC[C@@H]2[C@@]1(C)CCC(=O)O. The summed E-state index contributed by atoms with van der Waals surface area (Å²) < 4.78 is 0. The van der Waals surface area contributed by atoms with E-state index < -0.39 is 5.97 Å². The van der Waals surface area contributed by atoms with E-state index >= 15 is 0 Å². The van der Waals surface area contributed by atoms with Crippen molar-refractivity contribution in [2.45, 2.75) is 113 Å². The molecule has 0 bridgehead atoms. The molecule has 0 heterocycles. The Morgan fingerprint density at radius 1 is 1.00 bits per heavy atom. The molecule has 0 aromatic heterocycles. The van der Waals surface area contributed by atoms with E-state index in [0.29, 0.717) is 28.1 Å². The molecule has 0 unspecified atom stereocenters. The number of allylic oxidation sites excluding steroid dienone is 3. The highest BCUT2D eigenvalue weighted by Crippen LogP contribution is 2.73. The van der Waals surface area contributed by atoms with Crippen LogP contribution in [0.25, 0.3) is 0 Å². The molecule has 0 saturated heterocycles. The van der Waals surface area contributed by atoms with Crippen LogP contribution in [0.2, 0.25) is 0 Å². The topological polar surface area (TPSA) is 37.3 Å². The highest BCUT2D eigenvalue weighted by molar-refractivity contribution is 5.66. The van der Waals surface area contributed by atoms with Crippen molar-refractivity contribution in [3.63, 3.8) is 0 Å². The summed E-state index contributed by atoms with van der Waals surface area (Å²) in [6.07, 6.45) is 13.9. The fourth-order valence-electron chi connectivity index (χ4n) is 9.76. The monoisotopic (exact) mass is 440 g/mol. The van der Waals surface area contributed by atoms with E-state index in [1.165, 1.54) is 50.5 Å². The summed E-state index contributed by atoms with van der Waals surface area (Å²) >= 11 is 0. The van der Waals surface area contributed by atoms with Gasteiger partial charge in [-0.3, -0.25) is 4.79 Å². The maximum atomic E-state index is 11.6. The quantitative estimate of drug-likeness (QED) is 0.445. The van der Waals surface area contributed by atoms with Gasteiger partial charge >= 0.3 is 5.97 Å². The van der Waals surface area contributed by atoms with Crippen molar-refractivity contribution in [3.8, 4) is 0 Å². The lowest BCUT2D eigenvalue weighted by Crippen LogP contribution is -2.59. The number of carboxylic acids is 1. The van der Waals surface area contributed by atoms with E-state index in [-0.39, 0.29) is 17.3 Å². The molecule has 1 N–H and O–H groups in total.